The number of halogens is 1. The fourth-order valence-electron chi connectivity index (χ4n) is 2.77. The van der Waals surface area contributed by atoms with E-state index in [-0.39, 0.29) is 29.0 Å². The van der Waals surface area contributed by atoms with Crippen LogP contribution in [0.15, 0.2) is 23.1 Å². The van der Waals surface area contributed by atoms with Crippen molar-refractivity contribution in [1.82, 2.24) is 9.62 Å². The molecule has 2 rings (SSSR count). The number of nitrogens with zero attached hydrogens (tertiary/aromatic N) is 1. The second-order valence-corrected chi connectivity index (χ2v) is 8.21. The molecule has 1 saturated heterocycles. The first-order valence-electron chi connectivity index (χ1n) is 8.12. The Bertz CT molecular complexity index is 710. The highest BCUT2D eigenvalue weighted by Gasteiger charge is 2.33. The Labute approximate surface area is 153 Å². The van der Waals surface area contributed by atoms with Gasteiger partial charge in [-0.2, -0.15) is 4.31 Å². The molecule has 0 spiro atoms. The van der Waals surface area contributed by atoms with Crippen LogP contribution in [0.4, 0.5) is 0 Å². The molecule has 2 N–H and O–H groups in total. The number of aliphatic hydroxyl groups excluding tert-OH is 1. The van der Waals surface area contributed by atoms with E-state index in [1.165, 1.54) is 29.6 Å². The van der Waals surface area contributed by atoms with Crippen molar-refractivity contribution in [2.24, 2.45) is 5.92 Å². The summed E-state index contributed by atoms with van der Waals surface area (Å²) in [6, 6.07) is 4.32. The van der Waals surface area contributed by atoms with E-state index in [1.54, 1.807) is 0 Å². The lowest BCUT2D eigenvalue weighted by molar-refractivity contribution is -0.126. The quantitative estimate of drug-likeness (QED) is 0.683. The summed E-state index contributed by atoms with van der Waals surface area (Å²) < 4.78 is 32.0. The molecule has 1 aliphatic rings. The maximum absolute atomic E-state index is 12.8. The molecular formula is C16H23ClN2O5S. The first-order valence-corrected chi connectivity index (χ1v) is 9.94. The van der Waals surface area contributed by atoms with Gasteiger partial charge in [0.15, 0.2) is 0 Å². The molecule has 1 aromatic carbocycles. The zero-order valence-corrected chi connectivity index (χ0v) is 15.6. The highest BCUT2D eigenvalue weighted by atomic mass is 35.5. The van der Waals surface area contributed by atoms with Crippen LogP contribution in [-0.2, 0) is 14.8 Å². The Kier molecular flexibility index (Phi) is 7.06. The predicted octanol–water partition coefficient (Wildman–Crippen LogP) is 1.25. The summed E-state index contributed by atoms with van der Waals surface area (Å²) >= 11 is 6.03. The van der Waals surface area contributed by atoms with Gasteiger partial charge in [0, 0.05) is 26.2 Å². The maximum atomic E-state index is 12.8. The normalized spacial score (nSPS) is 18.8. The van der Waals surface area contributed by atoms with E-state index in [0.717, 1.165) is 0 Å². The number of hydrogen-bond acceptors (Lipinski definition) is 5. The Morgan fingerprint density at radius 1 is 1.48 bits per heavy atom. The number of hydrogen-bond donors (Lipinski definition) is 2. The number of carbonyl (C=O) groups is 1. The number of amides is 1. The van der Waals surface area contributed by atoms with Crippen molar-refractivity contribution < 1.29 is 23.1 Å². The Hall–Kier alpha value is -1.35. The monoisotopic (exact) mass is 390 g/mol. The van der Waals surface area contributed by atoms with Crippen LogP contribution in [0, 0.1) is 5.92 Å². The molecule has 1 fully saturated rings. The minimum Gasteiger partial charge on any atom is -0.495 e. The maximum Gasteiger partial charge on any atom is 0.243 e. The van der Waals surface area contributed by atoms with Gasteiger partial charge in [-0.15, -0.1) is 0 Å². The van der Waals surface area contributed by atoms with E-state index in [0.29, 0.717) is 38.1 Å². The van der Waals surface area contributed by atoms with Crippen LogP contribution in [0.3, 0.4) is 0 Å². The molecule has 0 aromatic heterocycles. The molecule has 7 nitrogen and oxygen atoms in total. The van der Waals surface area contributed by atoms with Gasteiger partial charge in [-0.25, -0.2) is 8.42 Å². The lowest BCUT2D eigenvalue weighted by Gasteiger charge is -2.31. The molecule has 1 aromatic rings. The van der Waals surface area contributed by atoms with E-state index < -0.39 is 15.9 Å². The molecule has 1 amide bonds. The Balaban J connectivity index is 2.11. The smallest absolute Gasteiger partial charge is 0.243 e. The van der Waals surface area contributed by atoms with Crippen LogP contribution in [0.2, 0.25) is 5.02 Å². The number of sulfonamides is 1. The summed E-state index contributed by atoms with van der Waals surface area (Å²) in [5, 5.41) is 11.7. The van der Waals surface area contributed by atoms with E-state index in [4.69, 9.17) is 21.4 Å². The van der Waals surface area contributed by atoms with Crippen LogP contribution in [0.1, 0.15) is 19.3 Å². The van der Waals surface area contributed by atoms with Gasteiger partial charge in [0.1, 0.15) is 5.75 Å². The average molecular weight is 391 g/mol. The first-order chi connectivity index (χ1) is 11.9. The number of nitrogens with one attached hydrogen (secondary N) is 1. The molecule has 9 heteroatoms. The standard InChI is InChI=1S/C16H23ClN2O5S/c1-24-15-6-5-13(10-14(15)17)25(22,23)19-8-2-4-12(11-19)16(21)18-7-3-9-20/h5-6,10,12,20H,2-4,7-9,11H2,1H3,(H,18,21)/t12-/m0/s1. The molecule has 140 valence electrons. The van der Waals surface area contributed by atoms with E-state index in [9.17, 15) is 13.2 Å². The summed E-state index contributed by atoms with van der Waals surface area (Å²) in [5.74, 6) is -0.169. The topological polar surface area (TPSA) is 95.9 Å². The molecular weight excluding hydrogens is 368 g/mol. The van der Waals surface area contributed by atoms with Crippen LogP contribution in [0.25, 0.3) is 0 Å². The van der Waals surface area contributed by atoms with E-state index in [1.807, 2.05) is 0 Å². The summed E-state index contributed by atoms with van der Waals surface area (Å²) in [4.78, 5) is 12.3. The van der Waals surface area contributed by atoms with Gasteiger partial charge >= 0.3 is 0 Å². The zero-order valence-electron chi connectivity index (χ0n) is 14.1. The van der Waals surface area contributed by atoms with Crippen molar-refractivity contribution >= 4 is 27.5 Å². The van der Waals surface area contributed by atoms with Gasteiger partial charge in [-0.05, 0) is 37.5 Å². The van der Waals surface area contributed by atoms with E-state index in [2.05, 4.69) is 5.32 Å². The number of aliphatic hydroxyl groups is 1. The second-order valence-electron chi connectivity index (χ2n) is 5.87. The fraction of sp³-hybridized carbons (Fsp3) is 0.562. The third-order valence-corrected chi connectivity index (χ3v) is 6.31. The van der Waals surface area contributed by atoms with Gasteiger partial charge in [-0.3, -0.25) is 4.79 Å². The average Bonchev–Trinajstić information content (AvgIpc) is 2.61. The summed E-state index contributed by atoms with van der Waals surface area (Å²) in [6.07, 6.45) is 1.73. The number of benzene rings is 1. The van der Waals surface area contributed by atoms with Crippen LogP contribution in [0.5, 0.6) is 5.75 Å². The second kappa shape index (κ2) is 8.84. The molecule has 0 saturated carbocycles. The highest BCUT2D eigenvalue weighted by molar-refractivity contribution is 7.89. The minimum absolute atomic E-state index is 0.00365. The Morgan fingerprint density at radius 2 is 2.24 bits per heavy atom. The van der Waals surface area contributed by atoms with E-state index >= 15 is 0 Å². The van der Waals surface area contributed by atoms with Crippen molar-refractivity contribution in [2.45, 2.75) is 24.2 Å². The number of carbonyl (C=O) groups excluding carboxylic acids is 1. The number of methoxy groups -OCH3 is 1. The molecule has 0 unspecified atom stereocenters. The van der Waals surface area contributed by atoms with Crippen LogP contribution >= 0.6 is 11.6 Å². The molecule has 0 radical (unpaired) electrons. The minimum atomic E-state index is -3.73. The van der Waals surface area contributed by atoms with Gasteiger partial charge in [0.2, 0.25) is 15.9 Å². The summed E-state index contributed by atoms with van der Waals surface area (Å²) in [7, 11) is -2.27. The molecule has 0 bridgehead atoms. The van der Waals surface area contributed by atoms with Crippen molar-refractivity contribution in [3.05, 3.63) is 23.2 Å². The van der Waals surface area contributed by atoms with Crippen LogP contribution < -0.4 is 10.1 Å². The number of rotatable bonds is 7. The highest BCUT2D eigenvalue weighted by Crippen LogP contribution is 2.30. The predicted molar refractivity (Wildman–Crippen MR) is 94.2 cm³/mol. The summed E-state index contributed by atoms with van der Waals surface area (Å²) in [6.45, 7) is 0.889. The lowest BCUT2D eigenvalue weighted by Crippen LogP contribution is -2.45. The van der Waals surface area contributed by atoms with Crippen molar-refractivity contribution in [3.63, 3.8) is 0 Å². The SMILES string of the molecule is COc1ccc(S(=O)(=O)N2CCC[C@H](C(=O)NCCCO)C2)cc1Cl. The third-order valence-electron chi connectivity index (χ3n) is 4.15. The van der Waals surface area contributed by atoms with Gasteiger partial charge in [0.25, 0.3) is 0 Å². The molecule has 1 heterocycles. The number of piperidine rings is 1. The molecule has 1 atom stereocenters. The lowest BCUT2D eigenvalue weighted by atomic mass is 9.99. The van der Waals surface area contributed by atoms with Crippen molar-refractivity contribution in [1.29, 1.82) is 0 Å². The van der Waals surface area contributed by atoms with Gasteiger partial charge in [0.05, 0.1) is 22.9 Å². The third kappa shape index (κ3) is 4.84. The molecule has 25 heavy (non-hydrogen) atoms. The zero-order chi connectivity index (χ0) is 18.4. The van der Waals surface area contributed by atoms with Gasteiger partial charge in [-0.1, -0.05) is 11.6 Å². The van der Waals surface area contributed by atoms with Crippen LogP contribution in [-0.4, -0.2) is 57.1 Å². The van der Waals surface area contributed by atoms with Crippen molar-refractivity contribution in [2.75, 3.05) is 33.4 Å². The molecule has 0 aliphatic carbocycles. The molecule has 1 aliphatic heterocycles. The first kappa shape index (κ1) is 20.0. The Morgan fingerprint density at radius 3 is 2.88 bits per heavy atom. The largest absolute Gasteiger partial charge is 0.495 e. The van der Waals surface area contributed by atoms with Crippen molar-refractivity contribution in [3.8, 4) is 5.75 Å². The van der Waals surface area contributed by atoms with Gasteiger partial charge < -0.3 is 15.2 Å². The summed E-state index contributed by atoms with van der Waals surface area (Å²) in [5.41, 5.74) is 0. The number of ether oxygens (including phenoxy) is 1. The fourth-order valence-corrected chi connectivity index (χ4v) is 4.64.